The summed E-state index contributed by atoms with van der Waals surface area (Å²) in [5.74, 6) is -2.93. The van der Waals surface area contributed by atoms with Gasteiger partial charge in [0.15, 0.2) is 11.6 Å². The molecule has 226 valence electrons. The fraction of sp³-hybridized carbons (Fsp3) is 0.367. The number of sulfonamides is 1. The lowest BCUT2D eigenvalue weighted by Crippen LogP contribution is -2.44. The second kappa shape index (κ2) is 12.0. The van der Waals surface area contributed by atoms with Crippen molar-refractivity contribution in [1.82, 2.24) is 19.9 Å². The van der Waals surface area contributed by atoms with E-state index in [9.17, 15) is 17.6 Å². The van der Waals surface area contributed by atoms with Crippen LogP contribution in [-0.4, -0.2) is 48.3 Å². The first-order valence-electron chi connectivity index (χ1n) is 14.2. The van der Waals surface area contributed by atoms with Crippen LogP contribution in [0.1, 0.15) is 43.7 Å². The van der Waals surface area contributed by atoms with E-state index in [0.717, 1.165) is 31.7 Å². The maximum Gasteiger partial charge on any atom is 0.260 e. The lowest BCUT2D eigenvalue weighted by atomic mass is 10.0. The second-order valence-electron chi connectivity index (χ2n) is 11.1. The summed E-state index contributed by atoms with van der Waals surface area (Å²) in [5.41, 5.74) is -0.644. The maximum atomic E-state index is 15.6. The average Bonchev–Trinajstić information content (AvgIpc) is 3.50. The van der Waals surface area contributed by atoms with Crippen LogP contribution < -0.4 is 20.9 Å². The highest BCUT2D eigenvalue weighted by molar-refractivity contribution is 7.91. The Morgan fingerprint density at radius 1 is 1.00 bits per heavy atom. The molecule has 3 N–H and O–H groups in total. The van der Waals surface area contributed by atoms with Gasteiger partial charge in [-0.1, -0.05) is 43.2 Å². The number of hydrogen-bond acceptors (Lipinski definition) is 7. The first-order valence-corrected chi connectivity index (χ1v) is 15.9. The molecule has 0 bridgehead atoms. The van der Waals surface area contributed by atoms with Crippen LogP contribution in [0.3, 0.4) is 0 Å². The molecule has 4 aromatic rings. The lowest BCUT2D eigenvalue weighted by Gasteiger charge is -2.26. The SMILES string of the molecule is O=c1c(-c2ccc(NS(=O)(=O)Cc3ccccc3)c(F)c2F)cc2cnc(N[C@@H]3CNC[C@@H](F)C3)nc2n1C1CCCC1. The van der Waals surface area contributed by atoms with Crippen molar-refractivity contribution in [2.24, 2.45) is 0 Å². The van der Waals surface area contributed by atoms with Gasteiger partial charge in [0, 0.05) is 48.7 Å². The molecule has 1 saturated carbocycles. The number of piperidine rings is 1. The molecule has 3 heterocycles. The molecule has 0 amide bonds. The van der Waals surface area contributed by atoms with E-state index in [2.05, 4.69) is 25.3 Å². The van der Waals surface area contributed by atoms with E-state index < -0.39 is 44.8 Å². The van der Waals surface area contributed by atoms with E-state index >= 15 is 8.78 Å². The summed E-state index contributed by atoms with van der Waals surface area (Å²) in [6, 6.07) is 11.6. The third-order valence-corrected chi connectivity index (χ3v) is 9.17. The molecule has 1 saturated heterocycles. The molecule has 0 unspecified atom stereocenters. The van der Waals surface area contributed by atoms with Gasteiger partial charge in [0.1, 0.15) is 11.8 Å². The number of pyridine rings is 1. The highest BCUT2D eigenvalue weighted by Crippen LogP contribution is 2.34. The van der Waals surface area contributed by atoms with Gasteiger partial charge in [-0.2, -0.15) is 4.98 Å². The molecule has 0 radical (unpaired) electrons. The predicted molar refractivity (Wildman–Crippen MR) is 159 cm³/mol. The van der Waals surface area contributed by atoms with E-state index in [1.807, 2.05) is 0 Å². The molecular weight excluding hydrogens is 581 g/mol. The van der Waals surface area contributed by atoms with Crippen molar-refractivity contribution in [2.45, 2.75) is 56.1 Å². The standard InChI is InChI=1S/C30H31F3N6O3S/c31-20-13-21(16-34-15-20)36-30-35-14-19-12-24(29(40)39(28(19)37-30)22-8-4-5-9-22)23-10-11-25(27(33)26(23)32)38-43(41,42)17-18-6-2-1-3-7-18/h1-3,6-7,10-12,14,20-22,34,38H,4-5,8-9,13,15-17H2,(H,35,36,37)/t20-,21-/m0/s1. The summed E-state index contributed by atoms with van der Waals surface area (Å²) < 4.78 is 73.7. The van der Waals surface area contributed by atoms with Crippen molar-refractivity contribution in [2.75, 3.05) is 23.1 Å². The fourth-order valence-corrected chi connectivity index (χ4v) is 7.10. The highest BCUT2D eigenvalue weighted by Gasteiger charge is 2.27. The number of aromatic nitrogens is 3. The van der Waals surface area contributed by atoms with Gasteiger partial charge >= 0.3 is 0 Å². The summed E-state index contributed by atoms with van der Waals surface area (Å²) in [6.07, 6.45) is 4.07. The molecule has 43 heavy (non-hydrogen) atoms. The maximum absolute atomic E-state index is 15.6. The fourth-order valence-electron chi connectivity index (χ4n) is 5.90. The molecule has 13 heteroatoms. The summed E-state index contributed by atoms with van der Waals surface area (Å²) in [5, 5.41) is 6.60. The van der Waals surface area contributed by atoms with Gasteiger partial charge in [0.2, 0.25) is 16.0 Å². The summed E-state index contributed by atoms with van der Waals surface area (Å²) in [6.45, 7) is 0.831. The first-order chi connectivity index (χ1) is 20.7. The number of anilines is 2. The summed E-state index contributed by atoms with van der Waals surface area (Å²) in [7, 11) is -4.05. The molecule has 1 aliphatic carbocycles. The van der Waals surface area contributed by atoms with Gasteiger partial charge < -0.3 is 10.6 Å². The van der Waals surface area contributed by atoms with E-state index in [-0.39, 0.29) is 29.2 Å². The molecule has 2 aromatic carbocycles. The van der Waals surface area contributed by atoms with Crippen LogP contribution in [-0.2, 0) is 15.8 Å². The van der Waals surface area contributed by atoms with E-state index in [1.54, 1.807) is 30.3 Å². The number of nitrogens with zero attached hydrogens (tertiary/aromatic N) is 3. The van der Waals surface area contributed by atoms with Gasteiger partial charge in [-0.15, -0.1) is 0 Å². The smallest absolute Gasteiger partial charge is 0.260 e. The quantitative estimate of drug-likeness (QED) is 0.259. The van der Waals surface area contributed by atoms with Crippen LogP contribution >= 0.6 is 0 Å². The Balaban J connectivity index is 1.36. The molecule has 2 atom stereocenters. The summed E-state index contributed by atoms with van der Waals surface area (Å²) in [4.78, 5) is 22.9. The third kappa shape index (κ3) is 6.23. The molecule has 2 fully saturated rings. The van der Waals surface area contributed by atoms with Crippen molar-refractivity contribution < 1.29 is 21.6 Å². The zero-order valence-electron chi connectivity index (χ0n) is 23.2. The topological polar surface area (TPSA) is 118 Å². The highest BCUT2D eigenvalue weighted by atomic mass is 32.2. The monoisotopic (exact) mass is 612 g/mol. The van der Waals surface area contributed by atoms with Crippen molar-refractivity contribution in [3.05, 3.63) is 82.3 Å². The normalized spacial score (nSPS) is 19.5. The van der Waals surface area contributed by atoms with Crippen LogP contribution in [0.15, 0.2) is 59.5 Å². The average molecular weight is 613 g/mol. The Kier molecular flexibility index (Phi) is 8.10. The van der Waals surface area contributed by atoms with Crippen LogP contribution in [0.4, 0.5) is 24.8 Å². The number of hydrogen-bond donors (Lipinski definition) is 3. The summed E-state index contributed by atoms with van der Waals surface area (Å²) >= 11 is 0. The number of alkyl halides is 1. The van der Waals surface area contributed by atoms with Gasteiger partial charge in [-0.05, 0) is 36.6 Å². The number of fused-ring (bicyclic) bond motifs is 1. The minimum absolute atomic E-state index is 0.0875. The molecular formula is C30H31F3N6O3S. The Morgan fingerprint density at radius 2 is 1.77 bits per heavy atom. The Labute approximate surface area is 246 Å². The van der Waals surface area contributed by atoms with Gasteiger partial charge in [0.25, 0.3) is 5.56 Å². The van der Waals surface area contributed by atoms with E-state index in [0.29, 0.717) is 36.1 Å². The molecule has 6 rings (SSSR count). The van der Waals surface area contributed by atoms with Gasteiger partial charge in [0.05, 0.1) is 17.0 Å². The number of benzene rings is 2. The van der Waals surface area contributed by atoms with Crippen LogP contribution in [0.5, 0.6) is 0 Å². The van der Waals surface area contributed by atoms with Gasteiger partial charge in [-0.25, -0.2) is 26.6 Å². The van der Waals surface area contributed by atoms with Crippen molar-refractivity contribution in [1.29, 1.82) is 0 Å². The zero-order valence-corrected chi connectivity index (χ0v) is 24.0. The van der Waals surface area contributed by atoms with Crippen LogP contribution in [0, 0.1) is 11.6 Å². The molecule has 2 aromatic heterocycles. The van der Waals surface area contributed by atoms with E-state index in [4.69, 9.17) is 0 Å². The lowest BCUT2D eigenvalue weighted by molar-refractivity contribution is 0.254. The first kappa shape index (κ1) is 29.1. The Bertz CT molecular complexity index is 1810. The number of rotatable bonds is 8. The minimum Gasteiger partial charge on any atom is -0.350 e. The van der Waals surface area contributed by atoms with Crippen LogP contribution in [0.2, 0.25) is 0 Å². The van der Waals surface area contributed by atoms with Crippen LogP contribution in [0.25, 0.3) is 22.2 Å². The van der Waals surface area contributed by atoms with Crippen molar-refractivity contribution in [3.8, 4) is 11.1 Å². The largest absolute Gasteiger partial charge is 0.350 e. The molecule has 2 aliphatic rings. The van der Waals surface area contributed by atoms with E-state index in [1.165, 1.54) is 22.9 Å². The van der Waals surface area contributed by atoms with Crippen molar-refractivity contribution >= 4 is 32.7 Å². The molecule has 9 nitrogen and oxygen atoms in total. The third-order valence-electron chi connectivity index (χ3n) is 7.93. The number of nitrogens with one attached hydrogen (secondary N) is 3. The Hall–Kier alpha value is -3.97. The van der Waals surface area contributed by atoms with Crippen molar-refractivity contribution in [3.63, 3.8) is 0 Å². The zero-order chi connectivity index (χ0) is 30.1. The second-order valence-corrected chi connectivity index (χ2v) is 12.8. The Morgan fingerprint density at radius 3 is 2.51 bits per heavy atom. The number of halogens is 3. The molecule has 0 spiro atoms. The van der Waals surface area contributed by atoms with Gasteiger partial charge in [-0.3, -0.25) is 14.1 Å². The minimum atomic E-state index is -4.05. The molecule has 1 aliphatic heterocycles. The predicted octanol–water partition coefficient (Wildman–Crippen LogP) is 4.91.